The first kappa shape index (κ1) is 24.6. The Kier molecular flexibility index (Phi) is 8.52. The summed E-state index contributed by atoms with van der Waals surface area (Å²) in [7, 11) is 6.10. The Labute approximate surface area is 201 Å². The summed E-state index contributed by atoms with van der Waals surface area (Å²) in [4.78, 5) is 29.0. The quantitative estimate of drug-likeness (QED) is 0.389. The summed E-state index contributed by atoms with van der Waals surface area (Å²) in [5.41, 5.74) is 1.85. The zero-order chi connectivity index (χ0) is 24.5. The molecular weight excluding hydrogens is 460 g/mol. The van der Waals surface area contributed by atoms with Crippen molar-refractivity contribution in [2.24, 2.45) is 0 Å². The van der Waals surface area contributed by atoms with E-state index in [1.807, 2.05) is 0 Å². The van der Waals surface area contributed by atoms with Gasteiger partial charge in [-0.2, -0.15) is 0 Å². The molecule has 0 aliphatic rings. The Morgan fingerprint density at radius 3 is 2.12 bits per heavy atom. The second-order valence-corrected chi connectivity index (χ2v) is 7.77. The summed E-state index contributed by atoms with van der Waals surface area (Å²) in [5.74, 6) is 1.83. The number of aryl methyl sites for hydroxylation is 1. The summed E-state index contributed by atoms with van der Waals surface area (Å²) < 4.78 is 21.0. The normalized spacial score (nSPS) is 10.2. The van der Waals surface area contributed by atoms with Crippen LogP contribution in [0.5, 0.6) is 23.0 Å². The van der Waals surface area contributed by atoms with Crippen LogP contribution < -0.4 is 34.9 Å². The van der Waals surface area contributed by atoms with E-state index in [9.17, 15) is 9.59 Å². The van der Waals surface area contributed by atoms with Gasteiger partial charge in [0.2, 0.25) is 11.7 Å². The Hall–Kier alpha value is -3.99. The number of anilines is 3. The molecule has 3 aromatic rings. The fraction of sp³-hybridized carbons (Fsp3) is 0.261. The zero-order valence-electron chi connectivity index (χ0n) is 19.3. The molecule has 1 heterocycles. The molecule has 0 aliphatic carbocycles. The second-order valence-electron chi connectivity index (χ2n) is 6.91. The SMILES string of the molecule is COc1ccc(NC(=O)Nc2nc(CCC(=O)Nc3cc(OC)c(OC)c(OC)c3)cs2)cc1. The van der Waals surface area contributed by atoms with Gasteiger partial charge in [0, 0.05) is 35.3 Å². The van der Waals surface area contributed by atoms with E-state index < -0.39 is 6.03 Å². The van der Waals surface area contributed by atoms with Gasteiger partial charge in [-0.15, -0.1) is 11.3 Å². The van der Waals surface area contributed by atoms with Crippen molar-refractivity contribution in [3.63, 3.8) is 0 Å². The number of benzene rings is 2. The molecular formula is C23H26N4O6S. The average molecular weight is 487 g/mol. The summed E-state index contributed by atoms with van der Waals surface area (Å²) in [6, 6.07) is 9.88. The van der Waals surface area contributed by atoms with Crippen LogP contribution in [0.25, 0.3) is 0 Å². The van der Waals surface area contributed by atoms with Crippen LogP contribution in [0.3, 0.4) is 0 Å². The van der Waals surface area contributed by atoms with Gasteiger partial charge in [0.25, 0.3) is 0 Å². The third-order valence-corrected chi connectivity index (χ3v) is 5.48. The highest BCUT2D eigenvalue weighted by Crippen LogP contribution is 2.40. The van der Waals surface area contributed by atoms with Crippen LogP contribution in [0.1, 0.15) is 12.1 Å². The fourth-order valence-corrected chi connectivity index (χ4v) is 3.77. The molecule has 3 amide bonds. The topological polar surface area (TPSA) is 120 Å². The van der Waals surface area contributed by atoms with Crippen molar-refractivity contribution < 1.29 is 28.5 Å². The van der Waals surface area contributed by atoms with Crippen molar-refractivity contribution in [1.82, 2.24) is 4.98 Å². The van der Waals surface area contributed by atoms with Gasteiger partial charge < -0.3 is 29.6 Å². The van der Waals surface area contributed by atoms with Crippen molar-refractivity contribution in [2.75, 3.05) is 44.4 Å². The van der Waals surface area contributed by atoms with Crippen molar-refractivity contribution in [3.05, 3.63) is 47.5 Å². The van der Waals surface area contributed by atoms with Crippen LogP contribution >= 0.6 is 11.3 Å². The largest absolute Gasteiger partial charge is 0.497 e. The second kappa shape index (κ2) is 11.8. The van der Waals surface area contributed by atoms with E-state index in [-0.39, 0.29) is 12.3 Å². The first-order chi connectivity index (χ1) is 16.4. The lowest BCUT2D eigenvalue weighted by atomic mass is 10.2. The molecule has 0 radical (unpaired) electrons. The molecule has 34 heavy (non-hydrogen) atoms. The molecule has 2 aromatic carbocycles. The molecule has 0 saturated heterocycles. The monoisotopic (exact) mass is 486 g/mol. The van der Waals surface area contributed by atoms with Gasteiger partial charge in [-0.3, -0.25) is 10.1 Å². The molecule has 0 atom stereocenters. The molecule has 3 N–H and O–H groups in total. The number of thiazole rings is 1. The van der Waals surface area contributed by atoms with E-state index in [4.69, 9.17) is 18.9 Å². The van der Waals surface area contributed by atoms with Crippen molar-refractivity contribution in [1.29, 1.82) is 0 Å². The molecule has 0 saturated carbocycles. The summed E-state index contributed by atoms with van der Waals surface area (Å²) in [6.07, 6.45) is 0.617. The zero-order valence-corrected chi connectivity index (χ0v) is 20.1. The van der Waals surface area contributed by atoms with Gasteiger partial charge in [-0.25, -0.2) is 9.78 Å². The van der Waals surface area contributed by atoms with Gasteiger partial charge in [-0.05, 0) is 30.7 Å². The minimum Gasteiger partial charge on any atom is -0.497 e. The molecule has 0 spiro atoms. The van der Waals surface area contributed by atoms with Crippen molar-refractivity contribution in [3.8, 4) is 23.0 Å². The van der Waals surface area contributed by atoms with Gasteiger partial charge >= 0.3 is 6.03 Å². The molecule has 1 aromatic heterocycles. The predicted molar refractivity (Wildman–Crippen MR) is 131 cm³/mol. The molecule has 0 unspecified atom stereocenters. The molecule has 0 fully saturated rings. The van der Waals surface area contributed by atoms with Gasteiger partial charge in [0.05, 0.1) is 34.1 Å². The van der Waals surface area contributed by atoms with Crippen LogP contribution in [-0.4, -0.2) is 45.4 Å². The van der Waals surface area contributed by atoms with Gasteiger partial charge in [0.15, 0.2) is 16.6 Å². The third kappa shape index (κ3) is 6.51. The molecule has 11 heteroatoms. The van der Waals surface area contributed by atoms with E-state index in [0.717, 1.165) is 0 Å². The van der Waals surface area contributed by atoms with Crippen LogP contribution in [-0.2, 0) is 11.2 Å². The predicted octanol–water partition coefficient (Wildman–Crippen LogP) is 4.39. The molecule has 180 valence electrons. The summed E-state index contributed by atoms with van der Waals surface area (Å²) >= 11 is 1.28. The molecule has 3 rings (SSSR count). The third-order valence-electron chi connectivity index (χ3n) is 4.68. The number of methoxy groups -OCH3 is 4. The number of ether oxygens (including phenoxy) is 4. The minimum absolute atomic E-state index is 0.200. The molecule has 0 bridgehead atoms. The number of hydrogen-bond acceptors (Lipinski definition) is 8. The number of rotatable bonds is 10. The highest BCUT2D eigenvalue weighted by Gasteiger charge is 2.15. The Bertz CT molecular complexity index is 1110. The van der Waals surface area contributed by atoms with E-state index in [2.05, 4.69) is 20.9 Å². The van der Waals surface area contributed by atoms with E-state index in [1.54, 1.807) is 48.9 Å². The Morgan fingerprint density at radius 2 is 1.53 bits per heavy atom. The summed E-state index contributed by atoms with van der Waals surface area (Å²) in [5, 5.41) is 10.5. The molecule has 0 aliphatic heterocycles. The first-order valence-electron chi connectivity index (χ1n) is 10.2. The number of amides is 3. The minimum atomic E-state index is -0.411. The van der Waals surface area contributed by atoms with Gasteiger partial charge in [-0.1, -0.05) is 0 Å². The van der Waals surface area contributed by atoms with Crippen LogP contribution in [0, 0.1) is 0 Å². The lowest BCUT2D eigenvalue weighted by Crippen LogP contribution is -2.19. The summed E-state index contributed by atoms with van der Waals surface area (Å²) in [6.45, 7) is 0. The van der Waals surface area contributed by atoms with E-state index in [0.29, 0.717) is 51.6 Å². The van der Waals surface area contributed by atoms with Crippen LogP contribution in [0.4, 0.5) is 21.3 Å². The Balaban J connectivity index is 1.51. The Morgan fingerprint density at radius 1 is 0.853 bits per heavy atom. The standard InChI is InChI=1S/C23H26N4O6S/c1-30-17-8-5-14(6-9-17)25-22(29)27-23-26-15(13-34-23)7-10-20(28)24-16-11-18(31-2)21(33-4)19(12-16)32-3/h5-6,8-9,11-13H,7,10H2,1-4H3,(H,24,28)(H2,25,26,27,29). The average Bonchev–Trinajstić information content (AvgIpc) is 3.29. The first-order valence-corrected chi connectivity index (χ1v) is 11.1. The number of nitrogens with one attached hydrogen (secondary N) is 3. The number of carbonyl (C=O) groups is 2. The molecule has 10 nitrogen and oxygen atoms in total. The number of aromatic nitrogens is 1. The van der Waals surface area contributed by atoms with E-state index >= 15 is 0 Å². The number of nitrogens with zero attached hydrogens (tertiary/aromatic N) is 1. The lowest BCUT2D eigenvalue weighted by molar-refractivity contribution is -0.116. The van der Waals surface area contributed by atoms with Crippen LogP contribution in [0.15, 0.2) is 41.8 Å². The number of carbonyl (C=O) groups excluding carboxylic acids is 2. The maximum Gasteiger partial charge on any atom is 0.325 e. The fourth-order valence-electron chi connectivity index (χ4n) is 3.03. The number of hydrogen-bond donors (Lipinski definition) is 3. The van der Waals surface area contributed by atoms with Gasteiger partial charge in [0.1, 0.15) is 5.75 Å². The maximum absolute atomic E-state index is 12.4. The highest BCUT2D eigenvalue weighted by molar-refractivity contribution is 7.13. The van der Waals surface area contributed by atoms with Crippen molar-refractivity contribution in [2.45, 2.75) is 12.8 Å². The van der Waals surface area contributed by atoms with E-state index in [1.165, 1.54) is 32.7 Å². The van der Waals surface area contributed by atoms with Crippen molar-refractivity contribution >= 4 is 39.8 Å². The number of urea groups is 1. The smallest absolute Gasteiger partial charge is 0.325 e. The van der Waals surface area contributed by atoms with Crippen LogP contribution in [0.2, 0.25) is 0 Å². The lowest BCUT2D eigenvalue weighted by Gasteiger charge is -2.14. The highest BCUT2D eigenvalue weighted by atomic mass is 32.1. The maximum atomic E-state index is 12.4.